The number of methoxy groups -OCH3 is 2. The van der Waals surface area contributed by atoms with Gasteiger partial charge in [-0.3, -0.25) is 4.79 Å². The Morgan fingerprint density at radius 1 is 1.16 bits per heavy atom. The summed E-state index contributed by atoms with van der Waals surface area (Å²) in [5.74, 6) is 1.56. The molecule has 1 aromatic carbocycles. The van der Waals surface area contributed by atoms with Crippen molar-refractivity contribution in [3.63, 3.8) is 0 Å². The van der Waals surface area contributed by atoms with E-state index >= 15 is 0 Å². The highest BCUT2D eigenvalue weighted by molar-refractivity contribution is 6.41. The van der Waals surface area contributed by atoms with Gasteiger partial charge >= 0.3 is 0 Å². The first-order valence-electron chi connectivity index (χ1n) is 12.1. The molecule has 11 heteroatoms. The predicted octanol–water partition coefficient (Wildman–Crippen LogP) is 5.28. The summed E-state index contributed by atoms with van der Waals surface area (Å²) in [5.41, 5.74) is 0.943. The molecule has 1 fully saturated rings. The second-order valence-electron chi connectivity index (χ2n) is 8.99. The third kappa shape index (κ3) is 5.90. The minimum Gasteiger partial charge on any atom is -0.495 e. The Morgan fingerprint density at radius 2 is 1.87 bits per heavy atom. The van der Waals surface area contributed by atoms with Crippen LogP contribution in [0.2, 0.25) is 10.0 Å². The first-order chi connectivity index (χ1) is 18.2. The molecule has 3 heterocycles. The molecule has 1 aliphatic heterocycles. The average molecular weight is 561 g/mol. The van der Waals surface area contributed by atoms with Crippen LogP contribution >= 0.6 is 23.2 Å². The largest absolute Gasteiger partial charge is 0.495 e. The molecule has 2 N–H and O–H groups in total. The number of nitrogens with one attached hydrogen (secondary N) is 2. The molecule has 1 amide bonds. The Hall–Kier alpha value is -3.27. The molecule has 202 valence electrons. The number of fused-ring (bicyclic) bond motifs is 1. The number of hydrogen-bond acceptors (Lipinski definition) is 8. The number of ether oxygens (including phenoxy) is 4. The molecule has 2 unspecified atom stereocenters. The minimum absolute atomic E-state index is 0.133. The average Bonchev–Trinajstić information content (AvgIpc) is 2.90. The van der Waals surface area contributed by atoms with Gasteiger partial charge in [0.25, 0.3) is 0 Å². The Labute approximate surface area is 231 Å². The molecule has 3 aromatic rings. The number of carbonyl (C=O) groups excluding carboxylic acids is 1. The van der Waals surface area contributed by atoms with Crippen LogP contribution in [0.3, 0.4) is 0 Å². The Bertz CT molecular complexity index is 1320. The van der Waals surface area contributed by atoms with Crippen LogP contribution in [-0.2, 0) is 9.53 Å². The van der Waals surface area contributed by atoms with Gasteiger partial charge in [0.1, 0.15) is 17.3 Å². The zero-order valence-corrected chi connectivity index (χ0v) is 23.2. The third-order valence-electron chi connectivity index (χ3n) is 6.06. The molecule has 9 nitrogen and oxygen atoms in total. The number of nitrogens with zero attached hydrogens (tertiary/aromatic N) is 2. The van der Waals surface area contributed by atoms with Gasteiger partial charge in [0.15, 0.2) is 0 Å². The van der Waals surface area contributed by atoms with Crippen LogP contribution in [0.1, 0.15) is 20.3 Å². The van der Waals surface area contributed by atoms with E-state index in [2.05, 4.69) is 22.2 Å². The lowest BCUT2D eigenvalue weighted by molar-refractivity contribution is -0.117. The molecule has 0 aliphatic carbocycles. The van der Waals surface area contributed by atoms with Crippen molar-refractivity contribution in [1.29, 1.82) is 0 Å². The number of halogens is 2. The second-order valence-corrected chi connectivity index (χ2v) is 9.74. The van der Waals surface area contributed by atoms with Crippen molar-refractivity contribution >= 4 is 45.7 Å². The maximum absolute atomic E-state index is 11.9. The highest BCUT2D eigenvalue weighted by Crippen LogP contribution is 2.46. The van der Waals surface area contributed by atoms with E-state index in [1.807, 2.05) is 26.0 Å². The molecular weight excluding hydrogens is 531 g/mol. The first-order valence-corrected chi connectivity index (χ1v) is 12.9. The molecule has 0 radical (unpaired) electrons. The van der Waals surface area contributed by atoms with Crippen LogP contribution in [0, 0.1) is 0 Å². The Kier molecular flexibility index (Phi) is 8.81. The molecule has 1 aliphatic rings. The number of anilines is 1. The minimum atomic E-state index is -0.231. The fraction of sp³-hybridized carbons (Fsp3) is 0.370. The Morgan fingerprint density at radius 3 is 2.50 bits per heavy atom. The van der Waals surface area contributed by atoms with Crippen molar-refractivity contribution in [2.75, 3.05) is 32.8 Å². The molecule has 2 aromatic heterocycles. The van der Waals surface area contributed by atoms with Gasteiger partial charge in [0.05, 0.1) is 54.8 Å². The van der Waals surface area contributed by atoms with E-state index in [4.69, 9.17) is 47.1 Å². The maximum Gasteiger partial charge on any atom is 0.243 e. The number of pyridine rings is 2. The van der Waals surface area contributed by atoms with Crippen molar-refractivity contribution in [2.45, 2.75) is 38.5 Å². The number of benzene rings is 1. The van der Waals surface area contributed by atoms with Crippen molar-refractivity contribution in [1.82, 2.24) is 15.3 Å². The normalized spacial score (nSPS) is 17.2. The smallest absolute Gasteiger partial charge is 0.243 e. The van der Waals surface area contributed by atoms with Crippen LogP contribution in [0.5, 0.6) is 17.4 Å². The van der Waals surface area contributed by atoms with E-state index in [-0.39, 0.29) is 24.1 Å². The quantitative estimate of drug-likeness (QED) is 0.340. The van der Waals surface area contributed by atoms with Crippen LogP contribution in [0.15, 0.2) is 37.1 Å². The first kappa shape index (κ1) is 27.8. The number of aromatic nitrogens is 2. The third-order valence-corrected chi connectivity index (χ3v) is 6.81. The van der Waals surface area contributed by atoms with Gasteiger partial charge in [0.2, 0.25) is 11.8 Å². The van der Waals surface area contributed by atoms with Crippen molar-refractivity contribution < 1.29 is 23.7 Å². The molecule has 1 saturated heterocycles. The van der Waals surface area contributed by atoms with Crippen LogP contribution in [0.25, 0.3) is 22.0 Å². The summed E-state index contributed by atoms with van der Waals surface area (Å²) in [6, 6.07) is 5.01. The molecule has 0 saturated carbocycles. The van der Waals surface area contributed by atoms with Gasteiger partial charge in [-0.15, -0.1) is 0 Å². The summed E-state index contributed by atoms with van der Waals surface area (Å²) < 4.78 is 22.6. The fourth-order valence-electron chi connectivity index (χ4n) is 4.23. The van der Waals surface area contributed by atoms with Crippen molar-refractivity contribution in [3.05, 3.63) is 47.1 Å². The van der Waals surface area contributed by atoms with E-state index in [0.29, 0.717) is 64.1 Å². The standard InChI is InChI=1S/C27H30Cl2N4O5/c1-6-23(34)32-17-7-8-37-13-19(17)31-22-10-16-15(12-30-22)9-18(33-27(16)38-14(2)3)24-25(28)20(35-4)11-21(36-5)26(24)29/h6,9-12,14,17,19H,1,7-8,13H2,2-5H3,(H,30,31)(H,32,34). The lowest BCUT2D eigenvalue weighted by Crippen LogP contribution is -2.52. The van der Waals surface area contributed by atoms with Gasteiger partial charge in [-0.05, 0) is 38.5 Å². The summed E-state index contributed by atoms with van der Waals surface area (Å²) in [7, 11) is 3.03. The number of carbonyl (C=O) groups is 1. The van der Waals surface area contributed by atoms with E-state index in [1.54, 1.807) is 12.3 Å². The van der Waals surface area contributed by atoms with E-state index in [0.717, 1.165) is 10.8 Å². The molecule has 2 atom stereocenters. The van der Waals surface area contributed by atoms with E-state index in [9.17, 15) is 4.79 Å². The van der Waals surface area contributed by atoms with Gasteiger partial charge in [0, 0.05) is 35.2 Å². The van der Waals surface area contributed by atoms with E-state index < -0.39 is 0 Å². The zero-order chi connectivity index (χ0) is 27.4. The lowest BCUT2D eigenvalue weighted by Gasteiger charge is -2.32. The van der Waals surface area contributed by atoms with Crippen molar-refractivity contribution in [2.24, 2.45) is 0 Å². The SMILES string of the molecule is C=CC(=O)NC1CCOCC1Nc1cc2c(OC(C)C)nc(-c3c(Cl)c(OC)cc(OC)c3Cl)cc2cn1. The van der Waals surface area contributed by atoms with Gasteiger partial charge < -0.3 is 29.6 Å². The highest BCUT2D eigenvalue weighted by Gasteiger charge is 2.27. The topological polar surface area (TPSA) is 104 Å². The Balaban J connectivity index is 1.77. The maximum atomic E-state index is 11.9. The highest BCUT2D eigenvalue weighted by atomic mass is 35.5. The van der Waals surface area contributed by atoms with Gasteiger partial charge in [-0.1, -0.05) is 29.8 Å². The van der Waals surface area contributed by atoms with Gasteiger partial charge in [-0.25, -0.2) is 9.97 Å². The summed E-state index contributed by atoms with van der Waals surface area (Å²) in [6.07, 6.45) is 3.50. The summed E-state index contributed by atoms with van der Waals surface area (Å²) in [4.78, 5) is 21.3. The second kappa shape index (κ2) is 12.1. The monoisotopic (exact) mass is 560 g/mol. The zero-order valence-electron chi connectivity index (χ0n) is 21.6. The van der Waals surface area contributed by atoms with Crippen molar-refractivity contribution in [3.8, 4) is 28.6 Å². The summed E-state index contributed by atoms with van der Waals surface area (Å²) in [5, 5.41) is 8.45. The van der Waals surface area contributed by atoms with Crippen LogP contribution in [0.4, 0.5) is 5.82 Å². The number of hydrogen-bond donors (Lipinski definition) is 2. The lowest BCUT2D eigenvalue weighted by atomic mass is 10.0. The molecular formula is C27H30Cl2N4O5. The number of rotatable bonds is 9. The number of amides is 1. The molecule has 0 spiro atoms. The molecule has 0 bridgehead atoms. The van der Waals surface area contributed by atoms with Gasteiger partial charge in [-0.2, -0.15) is 0 Å². The fourth-order valence-corrected chi connectivity index (χ4v) is 4.92. The predicted molar refractivity (Wildman–Crippen MR) is 149 cm³/mol. The summed E-state index contributed by atoms with van der Waals surface area (Å²) in [6.45, 7) is 8.35. The molecule has 38 heavy (non-hydrogen) atoms. The summed E-state index contributed by atoms with van der Waals surface area (Å²) >= 11 is 13.3. The van der Waals surface area contributed by atoms with E-state index in [1.165, 1.54) is 20.3 Å². The molecule has 4 rings (SSSR count). The van der Waals surface area contributed by atoms with Crippen LogP contribution < -0.4 is 24.8 Å². The van der Waals surface area contributed by atoms with Crippen LogP contribution in [-0.4, -0.2) is 61.5 Å².